The number of fused-ring (bicyclic) bond motifs is 1. The van der Waals surface area contributed by atoms with Crippen molar-refractivity contribution in [1.82, 2.24) is 4.98 Å². The molecule has 0 saturated heterocycles. The van der Waals surface area contributed by atoms with E-state index in [4.69, 9.17) is 23.2 Å². The summed E-state index contributed by atoms with van der Waals surface area (Å²) in [5, 5.41) is 2.36. The Morgan fingerprint density at radius 1 is 0.842 bits per heavy atom. The highest BCUT2D eigenvalue weighted by atomic mass is 35.5. The summed E-state index contributed by atoms with van der Waals surface area (Å²) in [6.45, 7) is 4.25. The van der Waals surface area contributed by atoms with E-state index in [1.807, 2.05) is 18.2 Å². The van der Waals surface area contributed by atoms with Crippen LogP contribution < -0.4 is 0 Å². The first-order chi connectivity index (χ1) is 9.04. The Hall–Kier alpha value is -1.44. The standard InChI is InChI=1S/C16H13Cl2N/c1-9-5-12-8-16(19-15(12)6-10(9)2)11-3-4-13(17)14(18)7-11/h3-8,19H,1-2H3. The quantitative estimate of drug-likeness (QED) is 0.586. The Labute approximate surface area is 122 Å². The number of halogens is 2. The van der Waals surface area contributed by atoms with E-state index in [2.05, 4.69) is 37.0 Å². The van der Waals surface area contributed by atoms with Crippen molar-refractivity contribution in [2.75, 3.05) is 0 Å². The third-order valence-corrected chi connectivity index (χ3v) is 4.20. The van der Waals surface area contributed by atoms with Gasteiger partial charge >= 0.3 is 0 Å². The number of hydrogen-bond acceptors (Lipinski definition) is 0. The first-order valence-electron chi connectivity index (χ1n) is 6.10. The molecule has 1 nitrogen and oxygen atoms in total. The number of aromatic amines is 1. The van der Waals surface area contributed by atoms with Crippen LogP contribution in [0.25, 0.3) is 22.2 Å². The number of rotatable bonds is 1. The maximum atomic E-state index is 6.07. The highest BCUT2D eigenvalue weighted by Crippen LogP contribution is 2.30. The molecule has 0 aliphatic rings. The Morgan fingerprint density at radius 2 is 1.58 bits per heavy atom. The summed E-state index contributed by atoms with van der Waals surface area (Å²) in [4.78, 5) is 3.42. The number of benzene rings is 2. The maximum Gasteiger partial charge on any atom is 0.0599 e. The lowest BCUT2D eigenvalue weighted by Gasteiger charge is -2.00. The molecule has 96 valence electrons. The SMILES string of the molecule is Cc1cc2cc(-c3ccc(Cl)c(Cl)c3)[nH]c2cc1C. The number of H-pyrrole nitrogens is 1. The van der Waals surface area contributed by atoms with Gasteiger partial charge in [0.2, 0.25) is 0 Å². The zero-order valence-electron chi connectivity index (χ0n) is 10.7. The minimum atomic E-state index is 0.574. The number of aromatic nitrogens is 1. The zero-order chi connectivity index (χ0) is 13.6. The van der Waals surface area contributed by atoms with Gasteiger partial charge in [0.15, 0.2) is 0 Å². The van der Waals surface area contributed by atoms with Crippen LogP contribution in [-0.4, -0.2) is 4.98 Å². The van der Waals surface area contributed by atoms with E-state index in [-0.39, 0.29) is 0 Å². The van der Waals surface area contributed by atoms with Gasteiger partial charge in [0.05, 0.1) is 10.0 Å². The summed E-state index contributed by atoms with van der Waals surface area (Å²) in [5.41, 5.74) is 5.82. The van der Waals surface area contributed by atoms with Crippen molar-refractivity contribution in [3.05, 3.63) is 57.6 Å². The summed E-state index contributed by atoms with van der Waals surface area (Å²) in [6, 6.07) is 12.2. The lowest BCUT2D eigenvalue weighted by Crippen LogP contribution is -1.80. The molecule has 1 N–H and O–H groups in total. The number of aryl methyl sites for hydroxylation is 2. The van der Waals surface area contributed by atoms with E-state index in [1.165, 1.54) is 16.5 Å². The largest absolute Gasteiger partial charge is 0.355 e. The van der Waals surface area contributed by atoms with E-state index in [9.17, 15) is 0 Å². The molecule has 0 bridgehead atoms. The molecule has 0 fully saturated rings. The predicted octanol–water partition coefficient (Wildman–Crippen LogP) is 5.76. The molecule has 0 atom stereocenters. The van der Waals surface area contributed by atoms with Crippen molar-refractivity contribution in [3.8, 4) is 11.3 Å². The monoisotopic (exact) mass is 289 g/mol. The van der Waals surface area contributed by atoms with Gasteiger partial charge in [-0.05, 0) is 60.9 Å². The molecule has 1 aromatic heterocycles. The summed E-state index contributed by atoms with van der Waals surface area (Å²) in [6.07, 6.45) is 0. The molecule has 0 amide bonds. The van der Waals surface area contributed by atoms with Gasteiger partial charge in [-0.3, -0.25) is 0 Å². The molecule has 3 aromatic rings. The van der Waals surface area contributed by atoms with E-state index in [0.29, 0.717) is 10.0 Å². The van der Waals surface area contributed by atoms with Gasteiger partial charge < -0.3 is 4.98 Å². The molecule has 1 heterocycles. The second kappa shape index (κ2) is 4.59. The molecular formula is C16H13Cl2N. The predicted molar refractivity (Wildman–Crippen MR) is 83.2 cm³/mol. The van der Waals surface area contributed by atoms with Crippen molar-refractivity contribution in [1.29, 1.82) is 0 Å². The van der Waals surface area contributed by atoms with Gasteiger partial charge in [0, 0.05) is 16.6 Å². The normalized spacial score (nSPS) is 11.2. The molecule has 0 unspecified atom stereocenters. The van der Waals surface area contributed by atoms with Gasteiger partial charge in [-0.2, -0.15) is 0 Å². The Kier molecular flexibility index (Phi) is 3.04. The fourth-order valence-electron chi connectivity index (χ4n) is 2.22. The van der Waals surface area contributed by atoms with Gasteiger partial charge in [-0.1, -0.05) is 29.3 Å². The molecule has 0 spiro atoms. The Morgan fingerprint density at radius 3 is 2.32 bits per heavy atom. The maximum absolute atomic E-state index is 6.07. The van der Waals surface area contributed by atoms with Crippen LogP contribution in [-0.2, 0) is 0 Å². The van der Waals surface area contributed by atoms with Crippen LogP contribution in [0.1, 0.15) is 11.1 Å². The average molecular weight is 290 g/mol. The molecule has 19 heavy (non-hydrogen) atoms. The molecule has 3 heteroatoms. The summed E-state index contributed by atoms with van der Waals surface area (Å²) in [7, 11) is 0. The van der Waals surface area contributed by atoms with Crippen molar-refractivity contribution in [2.24, 2.45) is 0 Å². The minimum absolute atomic E-state index is 0.574. The first kappa shape index (κ1) is 12.6. The van der Waals surface area contributed by atoms with Gasteiger partial charge in [-0.15, -0.1) is 0 Å². The van der Waals surface area contributed by atoms with Crippen molar-refractivity contribution in [3.63, 3.8) is 0 Å². The van der Waals surface area contributed by atoms with Crippen LogP contribution >= 0.6 is 23.2 Å². The Balaban J connectivity index is 2.17. The van der Waals surface area contributed by atoms with Crippen LogP contribution in [0.4, 0.5) is 0 Å². The molecule has 0 aliphatic carbocycles. The van der Waals surface area contributed by atoms with Gasteiger partial charge in [0.25, 0.3) is 0 Å². The van der Waals surface area contributed by atoms with E-state index >= 15 is 0 Å². The zero-order valence-corrected chi connectivity index (χ0v) is 12.2. The fourth-order valence-corrected chi connectivity index (χ4v) is 2.52. The molecule has 0 radical (unpaired) electrons. The lowest BCUT2D eigenvalue weighted by atomic mass is 10.1. The van der Waals surface area contributed by atoms with Gasteiger partial charge in [-0.25, -0.2) is 0 Å². The molecular weight excluding hydrogens is 277 g/mol. The summed E-state index contributed by atoms with van der Waals surface area (Å²) in [5.74, 6) is 0. The van der Waals surface area contributed by atoms with E-state index in [0.717, 1.165) is 16.8 Å². The summed E-state index contributed by atoms with van der Waals surface area (Å²) < 4.78 is 0. The van der Waals surface area contributed by atoms with Crippen LogP contribution in [0.5, 0.6) is 0 Å². The highest BCUT2D eigenvalue weighted by molar-refractivity contribution is 6.42. The van der Waals surface area contributed by atoms with Crippen LogP contribution in [0.3, 0.4) is 0 Å². The molecule has 2 aromatic carbocycles. The second-order valence-electron chi connectivity index (χ2n) is 4.84. The van der Waals surface area contributed by atoms with Gasteiger partial charge in [0.1, 0.15) is 0 Å². The first-order valence-corrected chi connectivity index (χ1v) is 6.85. The fraction of sp³-hybridized carbons (Fsp3) is 0.125. The van der Waals surface area contributed by atoms with E-state index in [1.54, 1.807) is 0 Å². The van der Waals surface area contributed by atoms with Crippen molar-refractivity contribution < 1.29 is 0 Å². The number of hydrogen-bond donors (Lipinski definition) is 1. The molecule has 0 aliphatic heterocycles. The second-order valence-corrected chi connectivity index (χ2v) is 5.65. The van der Waals surface area contributed by atoms with Crippen LogP contribution in [0.15, 0.2) is 36.4 Å². The molecule has 0 saturated carbocycles. The highest BCUT2D eigenvalue weighted by Gasteiger charge is 2.07. The summed E-state index contributed by atoms with van der Waals surface area (Å²) >= 11 is 12.0. The lowest BCUT2D eigenvalue weighted by molar-refractivity contribution is 1.35. The number of nitrogens with one attached hydrogen (secondary N) is 1. The molecule has 3 rings (SSSR count). The van der Waals surface area contributed by atoms with Crippen LogP contribution in [0, 0.1) is 13.8 Å². The third-order valence-electron chi connectivity index (χ3n) is 3.47. The third kappa shape index (κ3) is 2.24. The van der Waals surface area contributed by atoms with Crippen LogP contribution in [0.2, 0.25) is 10.0 Å². The Bertz CT molecular complexity index is 733. The van der Waals surface area contributed by atoms with Crippen molar-refractivity contribution in [2.45, 2.75) is 13.8 Å². The average Bonchev–Trinajstić information content (AvgIpc) is 2.76. The van der Waals surface area contributed by atoms with Crippen molar-refractivity contribution >= 4 is 34.1 Å². The van der Waals surface area contributed by atoms with E-state index < -0.39 is 0 Å². The minimum Gasteiger partial charge on any atom is -0.355 e. The smallest absolute Gasteiger partial charge is 0.0599 e. The topological polar surface area (TPSA) is 15.8 Å².